The molecule has 4 aromatic rings. The Morgan fingerprint density at radius 2 is 1.00 bits per heavy atom. The first-order valence-corrected chi connectivity index (χ1v) is 12.3. The van der Waals surface area contributed by atoms with Crippen molar-refractivity contribution in [2.45, 2.75) is 13.8 Å². The van der Waals surface area contributed by atoms with E-state index in [4.69, 9.17) is 0 Å². The second kappa shape index (κ2) is 11.8. The van der Waals surface area contributed by atoms with E-state index in [1.807, 2.05) is 18.2 Å². The minimum atomic E-state index is 1.05. The fourth-order valence-corrected chi connectivity index (χ4v) is 4.46. The first-order valence-electron chi connectivity index (χ1n) is 12.3. The van der Waals surface area contributed by atoms with Gasteiger partial charge in [-0.2, -0.15) is 0 Å². The van der Waals surface area contributed by atoms with E-state index in [0.717, 1.165) is 16.7 Å². The van der Waals surface area contributed by atoms with Crippen molar-refractivity contribution < 1.29 is 0 Å². The molecule has 0 radical (unpaired) electrons. The number of hydrogen-bond donors (Lipinski definition) is 0. The molecule has 0 spiro atoms. The van der Waals surface area contributed by atoms with Crippen LogP contribution in [0.3, 0.4) is 0 Å². The Morgan fingerprint density at radius 1 is 0.556 bits per heavy atom. The van der Waals surface area contributed by atoms with Crippen molar-refractivity contribution in [2.24, 2.45) is 0 Å². The lowest BCUT2D eigenvalue weighted by molar-refractivity contribution is 1.52. The standard InChI is InChI=1S/C36H32/c1-5-15-27(7-3)31-21-33(29-17-11-9-12-18-29)25-35(23-31)36-24-32(28(8-4)16-6-2)22-34(26-36)30-19-13-10-14-20-30/h5-26H,1,3H2,2,4H3. The van der Waals surface area contributed by atoms with Gasteiger partial charge < -0.3 is 0 Å². The van der Waals surface area contributed by atoms with E-state index in [1.54, 1.807) is 0 Å². The van der Waals surface area contributed by atoms with Crippen molar-refractivity contribution in [2.75, 3.05) is 0 Å². The van der Waals surface area contributed by atoms with E-state index in [1.165, 1.54) is 39.0 Å². The van der Waals surface area contributed by atoms with Crippen LogP contribution in [0, 0.1) is 0 Å². The number of benzene rings is 4. The van der Waals surface area contributed by atoms with Crippen LogP contribution in [0.15, 0.2) is 147 Å². The first kappa shape index (κ1) is 24.7. The summed E-state index contributed by atoms with van der Waals surface area (Å²) in [5, 5.41) is 0. The van der Waals surface area contributed by atoms with Crippen molar-refractivity contribution >= 4 is 11.1 Å². The molecule has 0 aliphatic heterocycles. The van der Waals surface area contributed by atoms with Crippen molar-refractivity contribution in [3.63, 3.8) is 0 Å². The predicted molar refractivity (Wildman–Crippen MR) is 160 cm³/mol. The summed E-state index contributed by atoms with van der Waals surface area (Å²) in [6, 6.07) is 34.7. The van der Waals surface area contributed by atoms with Crippen LogP contribution in [-0.4, -0.2) is 0 Å². The third kappa shape index (κ3) is 5.62. The lowest BCUT2D eigenvalue weighted by atomic mass is 9.89. The summed E-state index contributed by atoms with van der Waals surface area (Å²) in [5.74, 6) is 0. The minimum Gasteiger partial charge on any atom is -0.0990 e. The Morgan fingerprint density at radius 3 is 1.39 bits per heavy atom. The maximum atomic E-state index is 4.05. The summed E-state index contributed by atoms with van der Waals surface area (Å²) >= 11 is 0. The normalized spacial score (nSPS) is 12.1. The van der Waals surface area contributed by atoms with Crippen LogP contribution in [0.5, 0.6) is 0 Å². The zero-order valence-corrected chi connectivity index (χ0v) is 21.1. The third-order valence-electron chi connectivity index (χ3n) is 6.25. The molecule has 0 atom stereocenters. The number of rotatable bonds is 8. The molecule has 0 aliphatic rings. The largest absolute Gasteiger partial charge is 0.0990 e. The topological polar surface area (TPSA) is 0 Å². The van der Waals surface area contributed by atoms with Gasteiger partial charge in [0, 0.05) is 0 Å². The molecule has 0 saturated heterocycles. The number of allylic oxidation sites excluding steroid dienone is 8. The highest BCUT2D eigenvalue weighted by Gasteiger charge is 2.11. The van der Waals surface area contributed by atoms with E-state index >= 15 is 0 Å². The molecule has 0 N–H and O–H groups in total. The second-order valence-corrected chi connectivity index (χ2v) is 8.64. The molecular weight excluding hydrogens is 432 g/mol. The zero-order chi connectivity index (χ0) is 25.3. The quantitative estimate of drug-likeness (QED) is 0.227. The zero-order valence-electron chi connectivity index (χ0n) is 21.1. The molecule has 0 bridgehead atoms. The van der Waals surface area contributed by atoms with Gasteiger partial charge in [-0.15, -0.1) is 0 Å². The SMILES string of the molecule is C=CC=C(C=C)c1cc(-c2ccccc2)cc(-c2cc(C(C=CC)=CC)cc(-c3ccccc3)c2)c1. The molecule has 0 aromatic heterocycles. The maximum Gasteiger partial charge on any atom is -0.0171 e. The highest BCUT2D eigenvalue weighted by molar-refractivity contribution is 5.87. The van der Waals surface area contributed by atoms with Gasteiger partial charge in [-0.3, -0.25) is 0 Å². The van der Waals surface area contributed by atoms with Gasteiger partial charge in [-0.25, -0.2) is 0 Å². The Labute approximate surface area is 216 Å². The van der Waals surface area contributed by atoms with Crippen molar-refractivity contribution in [1.82, 2.24) is 0 Å². The number of hydrogen-bond acceptors (Lipinski definition) is 0. The van der Waals surface area contributed by atoms with Gasteiger partial charge in [0.05, 0.1) is 0 Å². The van der Waals surface area contributed by atoms with Crippen LogP contribution in [0.25, 0.3) is 44.5 Å². The van der Waals surface area contributed by atoms with E-state index < -0.39 is 0 Å². The Kier molecular flexibility index (Phi) is 8.11. The van der Waals surface area contributed by atoms with Crippen LogP contribution in [-0.2, 0) is 0 Å². The van der Waals surface area contributed by atoms with Gasteiger partial charge in [-0.1, -0.05) is 110 Å². The molecule has 4 aromatic carbocycles. The molecule has 0 nitrogen and oxygen atoms in total. The summed E-state index contributed by atoms with van der Waals surface area (Å²) in [6.07, 6.45) is 12.1. The van der Waals surface area contributed by atoms with Crippen molar-refractivity contribution in [3.05, 3.63) is 158 Å². The Bertz CT molecular complexity index is 1440. The average molecular weight is 465 g/mol. The molecule has 4 rings (SSSR count). The first-order chi connectivity index (χ1) is 17.7. The second-order valence-electron chi connectivity index (χ2n) is 8.64. The molecule has 0 fully saturated rings. The lowest BCUT2D eigenvalue weighted by Crippen LogP contribution is -1.91. The molecule has 0 heteroatoms. The fraction of sp³-hybridized carbons (Fsp3) is 0.0556. The Hall–Kier alpha value is -4.42. The molecule has 36 heavy (non-hydrogen) atoms. The van der Waals surface area contributed by atoms with Gasteiger partial charge in [-0.05, 0) is 106 Å². The molecule has 0 aliphatic carbocycles. The van der Waals surface area contributed by atoms with E-state index in [-0.39, 0.29) is 0 Å². The average Bonchev–Trinajstić information content (AvgIpc) is 2.95. The van der Waals surface area contributed by atoms with Gasteiger partial charge in [0.15, 0.2) is 0 Å². The van der Waals surface area contributed by atoms with Crippen LogP contribution in [0.4, 0.5) is 0 Å². The van der Waals surface area contributed by atoms with Crippen LogP contribution >= 0.6 is 0 Å². The molecule has 0 saturated carbocycles. The van der Waals surface area contributed by atoms with Gasteiger partial charge in [0.1, 0.15) is 0 Å². The maximum absolute atomic E-state index is 4.05. The third-order valence-corrected chi connectivity index (χ3v) is 6.25. The monoisotopic (exact) mass is 464 g/mol. The van der Waals surface area contributed by atoms with Crippen LogP contribution in [0.2, 0.25) is 0 Å². The van der Waals surface area contributed by atoms with E-state index in [2.05, 4.69) is 142 Å². The van der Waals surface area contributed by atoms with Gasteiger partial charge in [0.25, 0.3) is 0 Å². The summed E-state index contributed by atoms with van der Waals surface area (Å²) in [4.78, 5) is 0. The molecule has 0 amide bonds. The van der Waals surface area contributed by atoms with E-state index in [0.29, 0.717) is 0 Å². The highest BCUT2D eigenvalue weighted by atomic mass is 14.2. The van der Waals surface area contributed by atoms with Gasteiger partial charge in [0.2, 0.25) is 0 Å². The molecular formula is C36H32. The van der Waals surface area contributed by atoms with E-state index in [9.17, 15) is 0 Å². The van der Waals surface area contributed by atoms with Crippen LogP contribution < -0.4 is 0 Å². The van der Waals surface area contributed by atoms with Crippen LogP contribution in [0.1, 0.15) is 25.0 Å². The van der Waals surface area contributed by atoms with Crippen molar-refractivity contribution in [3.8, 4) is 33.4 Å². The molecule has 176 valence electrons. The summed E-state index contributed by atoms with van der Waals surface area (Å²) < 4.78 is 0. The smallest absolute Gasteiger partial charge is 0.0171 e. The Balaban J connectivity index is 2.00. The molecule has 0 unspecified atom stereocenters. The van der Waals surface area contributed by atoms with Crippen molar-refractivity contribution in [1.29, 1.82) is 0 Å². The lowest BCUT2D eigenvalue weighted by Gasteiger charge is -2.15. The fourth-order valence-electron chi connectivity index (χ4n) is 4.46. The summed E-state index contributed by atoms with van der Waals surface area (Å²) in [6.45, 7) is 12.1. The highest BCUT2D eigenvalue weighted by Crippen LogP contribution is 2.35. The summed E-state index contributed by atoms with van der Waals surface area (Å²) in [7, 11) is 0. The predicted octanol–water partition coefficient (Wildman–Crippen LogP) is 10.4. The summed E-state index contributed by atoms with van der Waals surface area (Å²) in [5.41, 5.74) is 11.7. The molecule has 0 heterocycles. The van der Waals surface area contributed by atoms with Gasteiger partial charge >= 0.3 is 0 Å². The minimum absolute atomic E-state index is 1.05.